The molecule has 0 aromatic heterocycles. The van der Waals surface area contributed by atoms with Crippen LogP contribution in [0.2, 0.25) is 0 Å². The summed E-state index contributed by atoms with van der Waals surface area (Å²) in [5.74, 6) is 0.560. The predicted molar refractivity (Wildman–Crippen MR) is 84.9 cm³/mol. The average molecular weight is 377 g/mol. The Hall–Kier alpha value is -0.0369. The Balaban J connectivity index is -0.000000237. The molecule has 0 saturated heterocycles. The monoisotopic (exact) mass is 375 g/mol. The summed E-state index contributed by atoms with van der Waals surface area (Å²) in [5.41, 5.74) is 11.8. The summed E-state index contributed by atoms with van der Waals surface area (Å²) in [6.45, 7) is 8.67. The molecule has 0 spiro atoms. The van der Waals surface area contributed by atoms with E-state index in [1.807, 2.05) is 18.2 Å². The van der Waals surface area contributed by atoms with Crippen LogP contribution in [0.5, 0.6) is 0 Å². The molecule has 0 radical (unpaired) electrons. The number of hydrogen-bond acceptors (Lipinski definition) is 0. The topological polar surface area (TPSA) is 23.8 Å². The van der Waals surface area contributed by atoms with Gasteiger partial charge < -0.3 is 5.73 Å². The van der Waals surface area contributed by atoms with E-state index in [2.05, 4.69) is 33.8 Å². The van der Waals surface area contributed by atoms with Crippen LogP contribution < -0.4 is 0 Å². The van der Waals surface area contributed by atoms with Gasteiger partial charge in [0.2, 0.25) is 0 Å². The Morgan fingerprint density at radius 2 is 1.47 bits per heavy atom. The zero-order valence-corrected chi connectivity index (χ0v) is 15.9. The van der Waals surface area contributed by atoms with Crippen LogP contribution in [0.3, 0.4) is 0 Å². The summed E-state index contributed by atoms with van der Waals surface area (Å²) in [6, 6.07) is 9.10. The van der Waals surface area contributed by atoms with Crippen LogP contribution in [0.25, 0.3) is 5.73 Å². The molecule has 104 valence electrons. The van der Waals surface area contributed by atoms with Gasteiger partial charge in [-0.2, -0.15) is 11.1 Å². The minimum absolute atomic E-state index is 0. The summed E-state index contributed by atoms with van der Waals surface area (Å²) in [5, 5.41) is 0. The SMILES string of the molecule is CC1=[C-]C(C)C(C)=C1C.Cl.Cl.[NH-]c1ccccc1.[Zr+2]. The fourth-order valence-electron chi connectivity index (χ4n) is 1.60. The Morgan fingerprint density at radius 3 is 1.63 bits per heavy atom. The van der Waals surface area contributed by atoms with Crippen molar-refractivity contribution in [2.45, 2.75) is 27.7 Å². The Kier molecular flexibility index (Phi) is 14.9. The number of rotatable bonds is 0. The third kappa shape index (κ3) is 7.97. The zero-order valence-electron chi connectivity index (χ0n) is 11.8. The Morgan fingerprint density at radius 1 is 1.00 bits per heavy atom. The number of allylic oxidation sites excluding steroid dienone is 4. The Labute approximate surface area is 148 Å². The molecule has 1 atom stereocenters. The first-order valence-electron chi connectivity index (χ1n) is 5.57. The second-order valence-electron chi connectivity index (χ2n) is 4.17. The van der Waals surface area contributed by atoms with E-state index in [9.17, 15) is 0 Å². The number of hydrogen-bond donors (Lipinski definition) is 0. The first kappa shape index (κ1) is 24.0. The minimum Gasteiger partial charge on any atom is -0.699 e. The second kappa shape index (κ2) is 11.8. The van der Waals surface area contributed by atoms with Crippen LogP contribution in [0.15, 0.2) is 47.1 Å². The molecule has 0 heterocycles. The summed E-state index contributed by atoms with van der Waals surface area (Å²) in [7, 11) is 0. The molecular formula is C15H21Cl2NZr. The van der Waals surface area contributed by atoms with E-state index >= 15 is 0 Å². The normalized spacial score (nSPS) is 16.0. The summed E-state index contributed by atoms with van der Waals surface area (Å²) in [6.07, 6.45) is 3.36. The molecule has 1 aromatic rings. The smallest absolute Gasteiger partial charge is 0.699 e. The first-order chi connectivity index (χ1) is 7.52. The van der Waals surface area contributed by atoms with Gasteiger partial charge in [0.25, 0.3) is 0 Å². The first-order valence-corrected chi connectivity index (χ1v) is 5.57. The van der Waals surface area contributed by atoms with E-state index in [0.29, 0.717) is 11.6 Å². The fourth-order valence-corrected chi connectivity index (χ4v) is 1.60. The third-order valence-electron chi connectivity index (χ3n) is 3.01. The van der Waals surface area contributed by atoms with Crippen molar-refractivity contribution in [1.82, 2.24) is 0 Å². The van der Waals surface area contributed by atoms with E-state index in [1.165, 1.54) is 16.7 Å². The molecule has 0 saturated carbocycles. The maximum absolute atomic E-state index is 7.00. The molecule has 1 aliphatic rings. The van der Waals surface area contributed by atoms with E-state index in [-0.39, 0.29) is 51.0 Å². The molecule has 1 aromatic carbocycles. The van der Waals surface area contributed by atoms with Crippen LogP contribution >= 0.6 is 24.8 Å². The molecule has 1 aliphatic carbocycles. The van der Waals surface area contributed by atoms with Crippen LogP contribution in [0.4, 0.5) is 5.69 Å². The van der Waals surface area contributed by atoms with Crippen molar-refractivity contribution in [3.63, 3.8) is 0 Å². The van der Waals surface area contributed by atoms with E-state index in [1.54, 1.807) is 12.1 Å². The summed E-state index contributed by atoms with van der Waals surface area (Å²) in [4.78, 5) is 0. The maximum atomic E-state index is 7.00. The molecule has 0 aliphatic heterocycles. The molecule has 0 bridgehead atoms. The number of halogens is 2. The molecule has 0 amide bonds. The number of benzene rings is 1. The second-order valence-corrected chi connectivity index (χ2v) is 4.17. The average Bonchev–Trinajstić information content (AvgIpc) is 2.48. The van der Waals surface area contributed by atoms with Crippen LogP contribution in [-0.4, -0.2) is 0 Å². The standard InChI is InChI=1S/C9H13.C6H6N.2ClH.Zr/c1-6-5-7(2)9(4)8(6)3;7-6-4-2-1-3-5-6;;;/h6H,1-4H3;1-5,7H;2*1H;/q2*-1;;;+2. The van der Waals surface area contributed by atoms with Crippen LogP contribution in [0.1, 0.15) is 27.7 Å². The number of nitrogens with one attached hydrogen (secondary N) is 1. The van der Waals surface area contributed by atoms with Gasteiger partial charge in [0.05, 0.1) is 0 Å². The van der Waals surface area contributed by atoms with Gasteiger partial charge in [-0.25, -0.2) is 5.57 Å². The van der Waals surface area contributed by atoms with E-state index < -0.39 is 0 Å². The largest absolute Gasteiger partial charge is 2.00 e. The van der Waals surface area contributed by atoms with Gasteiger partial charge in [-0.3, -0.25) is 6.08 Å². The van der Waals surface area contributed by atoms with Crippen molar-refractivity contribution in [3.05, 3.63) is 58.9 Å². The molecule has 1 nitrogen and oxygen atoms in total. The predicted octanol–water partition coefficient (Wildman–Crippen LogP) is 5.93. The zero-order chi connectivity index (χ0) is 12.1. The molecular weight excluding hydrogens is 356 g/mol. The molecule has 0 fully saturated rings. The third-order valence-corrected chi connectivity index (χ3v) is 3.01. The van der Waals surface area contributed by atoms with Gasteiger partial charge >= 0.3 is 26.2 Å². The molecule has 19 heavy (non-hydrogen) atoms. The van der Waals surface area contributed by atoms with Crippen LogP contribution in [0, 0.1) is 12.0 Å². The van der Waals surface area contributed by atoms with E-state index in [0.717, 1.165) is 0 Å². The molecule has 2 rings (SSSR count). The Bertz CT molecular complexity index is 413. The van der Waals surface area contributed by atoms with Gasteiger partial charge in [-0.1, -0.05) is 57.0 Å². The minimum atomic E-state index is 0. The quantitative estimate of drug-likeness (QED) is 0.500. The van der Waals surface area contributed by atoms with E-state index in [4.69, 9.17) is 5.73 Å². The van der Waals surface area contributed by atoms with Crippen LogP contribution in [-0.2, 0) is 26.2 Å². The van der Waals surface area contributed by atoms with Gasteiger partial charge in [-0.05, 0) is 0 Å². The maximum Gasteiger partial charge on any atom is 2.00 e. The molecule has 4 heteroatoms. The van der Waals surface area contributed by atoms with Crippen molar-refractivity contribution in [3.8, 4) is 0 Å². The molecule has 1 unspecified atom stereocenters. The van der Waals surface area contributed by atoms with Crippen molar-refractivity contribution >= 4 is 30.5 Å². The van der Waals surface area contributed by atoms with Crippen molar-refractivity contribution in [2.24, 2.45) is 5.92 Å². The van der Waals surface area contributed by atoms with Crippen molar-refractivity contribution in [2.75, 3.05) is 0 Å². The van der Waals surface area contributed by atoms with Crippen molar-refractivity contribution < 1.29 is 26.2 Å². The summed E-state index contributed by atoms with van der Waals surface area (Å²) < 4.78 is 0. The van der Waals surface area contributed by atoms with Gasteiger partial charge in [0.1, 0.15) is 0 Å². The van der Waals surface area contributed by atoms with Crippen molar-refractivity contribution in [1.29, 1.82) is 0 Å². The van der Waals surface area contributed by atoms with Gasteiger partial charge in [0, 0.05) is 0 Å². The van der Waals surface area contributed by atoms with Gasteiger partial charge in [-0.15, -0.1) is 37.4 Å². The van der Waals surface area contributed by atoms with Gasteiger partial charge in [0.15, 0.2) is 0 Å². The summed E-state index contributed by atoms with van der Waals surface area (Å²) >= 11 is 0. The molecule has 1 N–H and O–H groups in total. The fraction of sp³-hybridized carbons (Fsp3) is 0.333.